The molecule has 0 radical (unpaired) electrons. The van der Waals surface area contributed by atoms with Crippen LogP contribution in [-0.2, 0) is 158 Å². The number of aryl methyl sites for hydroxylation is 1. The number of hydrogen-bond acceptors (Lipinski definition) is 54. The lowest BCUT2D eigenvalue weighted by atomic mass is 10.1. The van der Waals surface area contributed by atoms with Gasteiger partial charge in [0, 0.05) is 59.9 Å². The van der Waals surface area contributed by atoms with Gasteiger partial charge < -0.3 is 149 Å². The van der Waals surface area contributed by atoms with E-state index in [2.05, 4.69) is 74.8 Å². The van der Waals surface area contributed by atoms with Gasteiger partial charge in [-0.2, -0.15) is 15.0 Å². The van der Waals surface area contributed by atoms with Crippen molar-refractivity contribution in [2.24, 2.45) is 0 Å². The van der Waals surface area contributed by atoms with Gasteiger partial charge in [0.2, 0.25) is 11.9 Å². The average molecular weight is 2240 g/mol. The van der Waals surface area contributed by atoms with Crippen molar-refractivity contribution in [3.8, 4) is 0 Å². The number of methoxy groups -OCH3 is 5. The maximum absolute atomic E-state index is 15.5. The molecule has 816 valence electrons. The predicted molar refractivity (Wildman–Crippen MR) is 513 cm³/mol. The Kier molecular flexibility index (Phi) is 35.3. The standard InChI is InChI=1S/C77H108N27O38P5S2/c1-8-37-38(21-44(132-37)100-30-90-46-61(80)85-28-87-64(46)100)138-143(109,110)127-24-40-51(56(123-17-12-118-4)73(135-40)103-33-92-48-66(103)95-75(82)97-68(48)106)139-144(111,112)128-25-41-52(57(124-18-13-119-5)74(136-41)104-34-93-49-67(104)96-76(83)98-69(49)107)140-145(113,114)129-26-42-53(58(125-19-14-120-6)71(134-42)99-22-35(2)60(79)94-77(99)108)141-147(116,149)131-27-43-54(59(126-20-15-121-7)72(137-43)102-32-91-47-62(81)86-29-88-65(47)102)142-146(115,148)130-23-39-50(105)55(122-16-11-117-3)70(133-39)101-31-89-45-36(78)9-10-84-63(45)101/h9-10,22,28-34,37-44,50-59,70-74,105H,8,11-21,23-27H2,1-7H3,(H2,78,84)(H,109,110)(H,111,112)(H,113,114)(H,115,148)(H,116,149)(H2,79,94,108)(H2,80,85,87)(H2,81,86,88)(H3,82,95,97,106)(H3,83,96,98,107)/t37-,38-,39-,40-,41-,42-,43-,44-,50+,51+,52+,53+,54+,55?,56?,57?,58?,59?,70-,71-,72-,73-,74-,146?,147?/m1/s1. The largest absolute Gasteiger partial charge is 0.472 e. The molecule has 6 aliphatic rings. The van der Waals surface area contributed by atoms with E-state index in [0.717, 1.165) is 32.7 Å². The van der Waals surface area contributed by atoms with Gasteiger partial charge in [0.25, 0.3) is 11.1 Å². The van der Waals surface area contributed by atoms with E-state index in [4.69, 9.17) is 179 Å². The van der Waals surface area contributed by atoms with E-state index in [9.17, 15) is 48.5 Å². The number of ether oxygens (including phenoxy) is 16. The van der Waals surface area contributed by atoms with E-state index in [1.165, 1.54) is 89.3 Å². The Morgan fingerprint density at radius 2 is 0.752 bits per heavy atom. The van der Waals surface area contributed by atoms with Crippen molar-refractivity contribution < 1.29 is 164 Å². The molecule has 6 aliphatic heterocycles. The maximum Gasteiger partial charge on any atom is 0.472 e. The van der Waals surface area contributed by atoms with Gasteiger partial charge in [0.1, 0.15) is 133 Å². The van der Waals surface area contributed by atoms with E-state index in [-0.39, 0.29) is 146 Å². The number of H-pyrrole nitrogens is 2. The molecule has 10 unspecified atom stereocenters. The van der Waals surface area contributed by atoms with E-state index >= 15 is 9.13 Å². The number of rotatable bonds is 52. The molecule has 6 saturated heterocycles. The molecule has 0 aliphatic carbocycles. The zero-order valence-electron chi connectivity index (χ0n) is 79.8. The Balaban J connectivity index is 0.662. The topological polar surface area (TPSA) is 849 Å². The van der Waals surface area contributed by atoms with Crippen molar-refractivity contribution >= 4 is 151 Å². The average Bonchev–Trinajstić information content (AvgIpc) is 1.61. The van der Waals surface area contributed by atoms with Crippen LogP contribution in [0.15, 0.2) is 77.1 Å². The number of aliphatic hydroxyl groups excluding tert-OH is 1. The Bertz CT molecular complexity index is 6980. The maximum atomic E-state index is 15.5. The van der Waals surface area contributed by atoms with Crippen LogP contribution in [0.1, 0.15) is 62.7 Å². The molecular formula is C77H108N27O38P5S2. The lowest BCUT2D eigenvalue weighted by Crippen LogP contribution is -2.41. The minimum atomic E-state index is -5.96. The van der Waals surface area contributed by atoms with Crippen molar-refractivity contribution in [2.45, 2.75) is 168 Å². The number of phosphoric acid groups is 3. The first-order valence-corrected chi connectivity index (χ1v) is 55.1. The molecule has 28 atom stereocenters. The lowest BCUT2D eigenvalue weighted by Gasteiger charge is -2.30. The fourth-order valence-corrected chi connectivity index (χ4v) is 23.3. The van der Waals surface area contributed by atoms with E-state index in [1.54, 1.807) is 17.6 Å². The van der Waals surface area contributed by atoms with E-state index in [1.807, 2.05) is 0 Å². The highest BCUT2D eigenvalue weighted by Gasteiger charge is 2.59. The van der Waals surface area contributed by atoms with Crippen molar-refractivity contribution in [3.63, 3.8) is 0 Å². The smallest absolute Gasteiger partial charge is 0.397 e. The fraction of sp³-hybridized carbons (Fsp3) is 0.610. The van der Waals surface area contributed by atoms with Gasteiger partial charge in [-0.3, -0.25) is 83.1 Å². The number of aliphatic hydroxyl groups is 1. The molecule has 17 rings (SSSR count). The minimum absolute atomic E-state index is 0.0260. The molecule has 0 spiro atoms. The Labute approximate surface area is 850 Å². The third kappa shape index (κ3) is 24.8. The summed E-state index contributed by atoms with van der Waals surface area (Å²) in [7, 11) is -10.4. The van der Waals surface area contributed by atoms with Gasteiger partial charge in [-0.25, -0.2) is 68.3 Å². The number of hydrogen-bond donors (Lipinski definition) is 14. The third-order valence-corrected chi connectivity index (χ3v) is 30.4. The number of fused-ring (bicyclic) bond motifs is 5. The second-order valence-electron chi connectivity index (χ2n) is 33.9. The predicted octanol–water partition coefficient (Wildman–Crippen LogP) is -1.12. The number of anilines is 6. The summed E-state index contributed by atoms with van der Waals surface area (Å²) in [5.41, 5.74) is 34.8. The number of imidazole rings is 5. The summed E-state index contributed by atoms with van der Waals surface area (Å²) in [6.07, 6.45) is -24.9. The van der Waals surface area contributed by atoms with Crippen LogP contribution >= 0.6 is 36.9 Å². The molecule has 20 N–H and O–H groups in total. The minimum Gasteiger partial charge on any atom is -0.397 e. The number of aromatic nitrogens is 21. The second-order valence-corrected chi connectivity index (χ2v) is 43.7. The van der Waals surface area contributed by atoms with Crippen LogP contribution in [0.5, 0.6) is 0 Å². The van der Waals surface area contributed by atoms with Crippen LogP contribution in [-0.4, -0.2) is 370 Å². The zero-order valence-corrected chi connectivity index (χ0v) is 85.9. The quantitative estimate of drug-likeness (QED) is 0.0159. The van der Waals surface area contributed by atoms with Gasteiger partial charge in [0.05, 0.1) is 149 Å². The Morgan fingerprint density at radius 3 is 1.19 bits per heavy atom. The number of aromatic amines is 2. The van der Waals surface area contributed by atoms with Crippen molar-refractivity contribution in [1.82, 2.24) is 102 Å². The van der Waals surface area contributed by atoms with Crippen LogP contribution in [0.2, 0.25) is 0 Å². The SMILES string of the molecule is CC[C@H]1O[C@@H](n2cnc3c(N)ncnc32)C[C@H]1OP(=O)(O)OC[C@H]1O[C@@H](n2cnc3c(=O)[nH]c(N)nc32)C(OCCOC)[C@H]1OP(=O)(O)OC[C@H]1O[C@@H](n2cnc3c(=O)[nH]c(N)nc32)C(OCCOC)[C@H]1OP(=O)(O)OC[C@H]1O[C@@H](n2cc(C)c(N)nc2=O)C(OCCOC)[C@H]1OP(O)(=S)OC[C@H]1O[C@@H](n2cnc3c(N)ncnc32)C(OCCOC)[C@H]1OP(O)(=S)OC[C@H]1O[C@@H](n2cnc3c(N)ccnc32)C(OCCOC)[C@H]1O. The Hall–Kier alpha value is -9.19. The van der Waals surface area contributed by atoms with Crippen LogP contribution in [0.3, 0.4) is 0 Å². The molecule has 11 aromatic rings. The van der Waals surface area contributed by atoms with Crippen LogP contribution < -0.4 is 51.2 Å². The molecule has 65 nitrogen and oxygen atoms in total. The molecule has 149 heavy (non-hydrogen) atoms. The first-order valence-electron chi connectivity index (χ1n) is 45.5. The van der Waals surface area contributed by atoms with Gasteiger partial charge >= 0.3 is 42.6 Å². The summed E-state index contributed by atoms with van der Waals surface area (Å²) in [5.74, 6) is -1.03. The van der Waals surface area contributed by atoms with Crippen molar-refractivity contribution in [3.05, 3.63) is 99.5 Å². The number of phosphoric ester groups is 3. The molecule has 6 fully saturated rings. The second kappa shape index (κ2) is 47.4. The first-order chi connectivity index (χ1) is 71.3. The van der Waals surface area contributed by atoms with Crippen LogP contribution in [0.4, 0.5) is 35.0 Å². The molecule has 0 amide bonds. The molecule has 0 bridgehead atoms. The highest BCUT2D eigenvalue weighted by molar-refractivity contribution is 8.07. The highest BCUT2D eigenvalue weighted by atomic mass is 32.5. The van der Waals surface area contributed by atoms with Gasteiger partial charge in [-0.15, -0.1) is 0 Å². The third-order valence-electron chi connectivity index (χ3n) is 24.3. The molecule has 0 aromatic carbocycles. The first kappa shape index (κ1) is 111. The number of pyridine rings is 1. The van der Waals surface area contributed by atoms with Crippen LogP contribution in [0.25, 0.3) is 55.8 Å². The zero-order chi connectivity index (χ0) is 106. The summed E-state index contributed by atoms with van der Waals surface area (Å²) in [4.78, 5) is 163. The van der Waals surface area contributed by atoms with E-state index in [0.29, 0.717) is 11.2 Å². The number of nitrogens with zero attached hydrogens (tertiary/aromatic N) is 19. The van der Waals surface area contributed by atoms with Gasteiger partial charge in [-0.1, -0.05) is 6.92 Å². The van der Waals surface area contributed by atoms with Crippen molar-refractivity contribution in [1.29, 1.82) is 0 Å². The normalized spacial score (nSPS) is 28.9. The molecule has 17 heterocycles. The van der Waals surface area contributed by atoms with Crippen LogP contribution in [0, 0.1) is 6.92 Å². The molecule has 0 saturated carbocycles. The number of nitrogen functional groups attached to an aromatic ring is 6. The van der Waals surface area contributed by atoms with Gasteiger partial charge in [-0.05, 0) is 43.0 Å². The summed E-state index contributed by atoms with van der Waals surface area (Å²) in [5, 5.41) is 12.0. The molecule has 72 heteroatoms. The Morgan fingerprint density at radius 1 is 0.396 bits per heavy atom. The summed E-state index contributed by atoms with van der Waals surface area (Å²) in [6.45, 7) is -13.6. The number of nitrogens with one attached hydrogen (secondary N) is 2. The monoisotopic (exact) mass is 2240 g/mol. The lowest BCUT2D eigenvalue weighted by molar-refractivity contribution is -0.0838. The molecular weight excluding hydrogens is 2130 g/mol. The molecule has 11 aromatic heterocycles. The van der Waals surface area contributed by atoms with Crippen molar-refractivity contribution in [2.75, 3.05) is 169 Å². The number of nitrogens with two attached hydrogens (primary N) is 6. The summed E-state index contributed by atoms with van der Waals surface area (Å²) >= 11 is 11.6. The summed E-state index contributed by atoms with van der Waals surface area (Å²) < 4.78 is 211. The van der Waals surface area contributed by atoms with Gasteiger partial charge in [0.15, 0.2) is 82.0 Å². The highest BCUT2D eigenvalue weighted by Crippen LogP contribution is 2.58. The summed E-state index contributed by atoms with van der Waals surface area (Å²) in [6, 6.07) is 1.55. The van der Waals surface area contributed by atoms with E-state index < -0.39 is 246 Å². The fourth-order valence-electron chi connectivity index (χ4n) is 17.5.